The third-order valence-corrected chi connectivity index (χ3v) is 6.20. The highest BCUT2D eigenvalue weighted by Crippen LogP contribution is 2.38. The van der Waals surface area contributed by atoms with Gasteiger partial charge in [-0.25, -0.2) is 8.42 Å². The highest BCUT2D eigenvalue weighted by molar-refractivity contribution is 7.90. The van der Waals surface area contributed by atoms with Gasteiger partial charge in [-0.3, -0.25) is 4.79 Å². The average molecular weight is 352 g/mol. The lowest BCUT2D eigenvalue weighted by Gasteiger charge is -2.36. The molecule has 1 unspecified atom stereocenters. The van der Waals surface area contributed by atoms with Gasteiger partial charge in [0.2, 0.25) is 5.91 Å². The quantitative estimate of drug-likeness (QED) is 0.823. The van der Waals surface area contributed by atoms with Gasteiger partial charge in [-0.2, -0.15) is 0 Å². The van der Waals surface area contributed by atoms with Crippen molar-refractivity contribution in [1.82, 2.24) is 5.32 Å². The molecule has 6 heteroatoms. The van der Waals surface area contributed by atoms with E-state index in [2.05, 4.69) is 5.32 Å². The lowest BCUT2D eigenvalue weighted by atomic mass is 9.71. The predicted molar refractivity (Wildman–Crippen MR) is 95.3 cm³/mol. The fourth-order valence-corrected chi connectivity index (χ4v) is 4.11. The first-order valence-electron chi connectivity index (χ1n) is 8.55. The minimum absolute atomic E-state index is 0.0158. The summed E-state index contributed by atoms with van der Waals surface area (Å²) in [5, 5.41) is 3.02. The summed E-state index contributed by atoms with van der Waals surface area (Å²) in [7, 11) is -3.20. The van der Waals surface area contributed by atoms with E-state index in [0.717, 1.165) is 31.2 Å². The molecule has 5 nitrogen and oxygen atoms in total. The molecule has 1 fully saturated rings. The van der Waals surface area contributed by atoms with Crippen molar-refractivity contribution >= 4 is 15.7 Å². The monoisotopic (exact) mass is 352 g/mol. The zero-order valence-electron chi connectivity index (χ0n) is 14.5. The number of nitrogens with one attached hydrogen (secondary N) is 1. The number of carbonyl (C=O) groups excluding carboxylic acids is 1. The van der Waals surface area contributed by atoms with Crippen LogP contribution in [0.1, 0.15) is 57.1 Å². The number of rotatable bonds is 6. The molecule has 1 aliphatic carbocycles. The van der Waals surface area contributed by atoms with Gasteiger partial charge >= 0.3 is 0 Å². The van der Waals surface area contributed by atoms with Crippen molar-refractivity contribution in [1.29, 1.82) is 0 Å². The Labute approximate surface area is 144 Å². The highest BCUT2D eigenvalue weighted by atomic mass is 32.2. The van der Waals surface area contributed by atoms with Crippen molar-refractivity contribution in [2.45, 2.75) is 56.4 Å². The van der Waals surface area contributed by atoms with Crippen LogP contribution in [0.15, 0.2) is 29.2 Å². The summed E-state index contributed by atoms with van der Waals surface area (Å²) in [6.45, 7) is 2.46. The van der Waals surface area contributed by atoms with Crippen LogP contribution in [0.5, 0.6) is 0 Å². The van der Waals surface area contributed by atoms with E-state index < -0.39 is 9.84 Å². The number of carbonyl (C=O) groups is 1. The fourth-order valence-electron chi connectivity index (χ4n) is 3.47. The smallest absolute Gasteiger partial charge is 0.221 e. The molecule has 0 bridgehead atoms. The second-order valence-electron chi connectivity index (χ2n) is 7.07. The molecule has 0 heterocycles. The maximum atomic E-state index is 12.4. The third kappa shape index (κ3) is 4.80. The topological polar surface area (TPSA) is 89.3 Å². The van der Waals surface area contributed by atoms with E-state index in [-0.39, 0.29) is 22.3 Å². The molecule has 0 saturated heterocycles. The number of benzene rings is 1. The summed E-state index contributed by atoms with van der Waals surface area (Å²) in [5.41, 5.74) is 6.79. The molecule has 0 spiro atoms. The molecule has 0 radical (unpaired) electrons. The number of nitrogens with two attached hydrogens (primary N) is 1. The molecule has 1 atom stereocenters. The van der Waals surface area contributed by atoms with Gasteiger partial charge < -0.3 is 11.1 Å². The van der Waals surface area contributed by atoms with Gasteiger partial charge in [0.15, 0.2) is 9.84 Å². The van der Waals surface area contributed by atoms with Gasteiger partial charge in [-0.15, -0.1) is 0 Å². The van der Waals surface area contributed by atoms with Crippen molar-refractivity contribution in [3.8, 4) is 0 Å². The van der Waals surface area contributed by atoms with Crippen LogP contribution < -0.4 is 11.1 Å². The number of hydrogen-bond donors (Lipinski definition) is 2. The zero-order chi connectivity index (χ0) is 17.8. The van der Waals surface area contributed by atoms with Crippen LogP contribution >= 0.6 is 0 Å². The molecule has 1 aliphatic rings. The lowest BCUT2D eigenvalue weighted by Crippen LogP contribution is -2.39. The third-order valence-electron chi connectivity index (χ3n) is 5.07. The average Bonchev–Trinajstić information content (AvgIpc) is 2.55. The number of amides is 1. The van der Waals surface area contributed by atoms with E-state index in [1.807, 2.05) is 6.92 Å². The molecule has 1 aromatic carbocycles. The molecular formula is C18H28N2O3S. The SMILES string of the molecule is CC(NC(=O)CC1(CN)CCCCC1)c1ccc(S(C)(=O)=O)cc1. The summed E-state index contributed by atoms with van der Waals surface area (Å²) >= 11 is 0. The second-order valence-corrected chi connectivity index (χ2v) is 9.09. The van der Waals surface area contributed by atoms with E-state index in [1.54, 1.807) is 24.3 Å². The lowest BCUT2D eigenvalue weighted by molar-refractivity contribution is -0.124. The van der Waals surface area contributed by atoms with E-state index >= 15 is 0 Å². The second kappa shape index (κ2) is 7.66. The van der Waals surface area contributed by atoms with Gasteiger partial charge in [0.1, 0.15) is 0 Å². The van der Waals surface area contributed by atoms with Crippen molar-refractivity contribution in [2.75, 3.05) is 12.8 Å². The molecule has 134 valence electrons. The van der Waals surface area contributed by atoms with Crippen molar-refractivity contribution in [2.24, 2.45) is 11.1 Å². The van der Waals surface area contributed by atoms with E-state index in [1.165, 1.54) is 12.7 Å². The Balaban J connectivity index is 1.98. The maximum Gasteiger partial charge on any atom is 0.221 e. The molecule has 2 rings (SSSR count). The van der Waals surface area contributed by atoms with Crippen LogP contribution in [0.4, 0.5) is 0 Å². The van der Waals surface area contributed by atoms with Crippen LogP contribution in [-0.2, 0) is 14.6 Å². The summed E-state index contributed by atoms with van der Waals surface area (Å²) in [6, 6.07) is 6.50. The van der Waals surface area contributed by atoms with E-state index in [0.29, 0.717) is 13.0 Å². The van der Waals surface area contributed by atoms with Crippen molar-refractivity contribution in [3.05, 3.63) is 29.8 Å². The number of sulfone groups is 1. The van der Waals surface area contributed by atoms with E-state index in [9.17, 15) is 13.2 Å². The van der Waals surface area contributed by atoms with Crippen molar-refractivity contribution < 1.29 is 13.2 Å². The Kier molecular flexibility index (Phi) is 6.04. The first-order chi connectivity index (χ1) is 11.3. The zero-order valence-corrected chi connectivity index (χ0v) is 15.4. The van der Waals surface area contributed by atoms with E-state index in [4.69, 9.17) is 5.73 Å². The summed E-state index contributed by atoms with van der Waals surface area (Å²) < 4.78 is 23.0. The summed E-state index contributed by atoms with van der Waals surface area (Å²) in [6.07, 6.45) is 7.22. The van der Waals surface area contributed by atoms with Crippen LogP contribution in [0.2, 0.25) is 0 Å². The number of hydrogen-bond acceptors (Lipinski definition) is 4. The Morgan fingerprint density at radius 1 is 1.21 bits per heavy atom. The largest absolute Gasteiger partial charge is 0.350 e. The minimum atomic E-state index is -3.20. The molecule has 1 saturated carbocycles. The molecule has 0 aromatic heterocycles. The van der Waals surface area contributed by atoms with Crippen LogP contribution in [-0.4, -0.2) is 27.1 Å². The first-order valence-corrected chi connectivity index (χ1v) is 10.4. The van der Waals surface area contributed by atoms with Crippen LogP contribution in [0.3, 0.4) is 0 Å². The highest BCUT2D eigenvalue weighted by Gasteiger charge is 2.33. The molecule has 3 N–H and O–H groups in total. The molecular weight excluding hydrogens is 324 g/mol. The van der Waals surface area contributed by atoms with Gasteiger partial charge in [-0.05, 0) is 49.4 Å². The maximum absolute atomic E-state index is 12.4. The van der Waals surface area contributed by atoms with Crippen LogP contribution in [0, 0.1) is 5.41 Å². The minimum Gasteiger partial charge on any atom is -0.350 e. The molecule has 1 aromatic rings. The molecule has 1 amide bonds. The Morgan fingerprint density at radius 2 is 1.79 bits per heavy atom. The Morgan fingerprint density at radius 3 is 2.29 bits per heavy atom. The summed E-state index contributed by atoms with van der Waals surface area (Å²) in [5.74, 6) is 0.0158. The molecule has 0 aliphatic heterocycles. The predicted octanol–water partition coefficient (Wildman–Crippen LogP) is 2.57. The Hall–Kier alpha value is -1.40. The standard InChI is InChI=1S/C18H28N2O3S/c1-14(15-6-8-16(9-7-15)24(2,22)23)20-17(21)12-18(13-19)10-4-3-5-11-18/h6-9,14H,3-5,10-13,19H2,1-2H3,(H,20,21). The normalized spacial score (nSPS) is 18.8. The van der Waals surface area contributed by atoms with Gasteiger partial charge in [0, 0.05) is 12.7 Å². The van der Waals surface area contributed by atoms with Gasteiger partial charge in [0.05, 0.1) is 10.9 Å². The summed E-state index contributed by atoms with van der Waals surface area (Å²) in [4.78, 5) is 12.7. The first kappa shape index (κ1) is 18.9. The van der Waals surface area contributed by atoms with Gasteiger partial charge in [0.25, 0.3) is 0 Å². The van der Waals surface area contributed by atoms with Crippen molar-refractivity contribution in [3.63, 3.8) is 0 Å². The van der Waals surface area contributed by atoms with Crippen LogP contribution in [0.25, 0.3) is 0 Å². The van der Waals surface area contributed by atoms with Gasteiger partial charge in [-0.1, -0.05) is 31.4 Å². The fraction of sp³-hybridized carbons (Fsp3) is 0.611. The molecule has 24 heavy (non-hydrogen) atoms. The Bertz CT molecular complexity index is 662.